The lowest BCUT2D eigenvalue weighted by Gasteiger charge is -2.21. The molecule has 128 valence electrons. The topological polar surface area (TPSA) is 75.8 Å². The fraction of sp³-hybridized carbons (Fsp3) is 0.412. The van der Waals surface area contributed by atoms with Gasteiger partial charge in [-0.3, -0.25) is 4.79 Å². The largest absolute Gasteiger partial charge is 0.488 e. The predicted molar refractivity (Wildman–Crippen MR) is 83.2 cm³/mol. The zero-order valence-electron chi connectivity index (χ0n) is 13.3. The molecule has 1 N–H and O–H groups in total. The van der Waals surface area contributed by atoms with Crippen molar-refractivity contribution in [1.29, 1.82) is 0 Å². The molecule has 0 unspecified atom stereocenters. The van der Waals surface area contributed by atoms with Crippen LogP contribution in [0.25, 0.3) is 0 Å². The molecule has 0 aliphatic carbocycles. The molecule has 2 atom stereocenters. The van der Waals surface area contributed by atoms with Gasteiger partial charge in [0.2, 0.25) is 5.76 Å². The molecule has 3 rings (SSSR count). The van der Waals surface area contributed by atoms with Crippen LogP contribution in [0.4, 0.5) is 4.39 Å². The molecule has 0 spiro atoms. The molecular weight excluding hydrogens is 315 g/mol. The molecule has 0 radical (unpaired) electrons. The van der Waals surface area contributed by atoms with Gasteiger partial charge in [0, 0.05) is 19.5 Å². The second-order valence-corrected chi connectivity index (χ2v) is 5.81. The van der Waals surface area contributed by atoms with Crippen molar-refractivity contribution in [2.24, 2.45) is 0 Å². The Labute approximate surface area is 138 Å². The van der Waals surface area contributed by atoms with Crippen molar-refractivity contribution < 1.29 is 23.4 Å². The molecular formula is C17H19FN2O4. The molecule has 2 heterocycles. The van der Waals surface area contributed by atoms with E-state index in [4.69, 9.17) is 9.15 Å². The zero-order valence-corrected chi connectivity index (χ0v) is 13.3. The Morgan fingerprint density at radius 1 is 1.33 bits per heavy atom. The van der Waals surface area contributed by atoms with Crippen molar-refractivity contribution in [3.05, 3.63) is 47.9 Å². The number of nitrogens with zero attached hydrogens (tertiary/aromatic N) is 2. The number of amides is 1. The summed E-state index contributed by atoms with van der Waals surface area (Å²) in [6.07, 6.45) is 0.950. The van der Waals surface area contributed by atoms with Gasteiger partial charge in [-0.15, -0.1) is 0 Å². The molecule has 1 aromatic heterocycles. The van der Waals surface area contributed by atoms with E-state index in [1.807, 2.05) is 0 Å². The molecule has 1 fully saturated rings. The Morgan fingerprint density at radius 3 is 2.71 bits per heavy atom. The highest BCUT2D eigenvalue weighted by atomic mass is 19.1. The number of aromatic nitrogens is 1. The molecule has 6 nitrogen and oxygen atoms in total. The summed E-state index contributed by atoms with van der Waals surface area (Å²) in [6.45, 7) is 2.55. The van der Waals surface area contributed by atoms with Gasteiger partial charge < -0.3 is 19.2 Å². The van der Waals surface area contributed by atoms with Gasteiger partial charge in [0.05, 0.1) is 11.8 Å². The van der Waals surface area contributed by atoms with Gasteiger partial charge >= 0.3 is 0 Å². The van der Waals surface area contributed by atoms with Gasteiger partial charge in [-0.1, -0.05) is 0 Å². The van der Waals surface area contributed by atoms with Gasteiger partial charge in [0.25, 0.3) is 5.91 Å². The third-order valence-corrected chi connectivity index (χ3v) is 4.14. The third kappa shape index (κ3) is 3.56. The summed E-state index contributed by atoms with van der Waals surface area (Å²) in [5, 5.41) is 10.3. The number of aliphatic hydroxyl groups excluding tert-OH is 1. The van der Waals surface area contributed by atoms with Crippen LogP contribution >= 0.6 is 0 Å². The van der Waals surface area contributed by atoms with E-state index in [2.05, 4.69) is 4.98 Å². The normalized spacial score (nSPS) is 21.4. The summed E-state index contributed by atoms with van der Waals surface area (Å²) in [5.41, 5.74) is 0.545. The minimum atomic E-state index is -0.705. The average molecular weight is 334 g/mol. The first-order chi connectivity index (χ1) is 11.5. The molecule has 1 amide bonds. The Kier molecular flexibility index (Phi) is 4.80. The van der Waals surface area contributed by atoms with Gasteiger partial charge in [0.1, 0.15) is 17.7 Å². The smallest absolute Gasteiger partial charge is 0.291 e. The minimum Gasteiger partial charge on any atom is -0.488 e. The number of hydrogen-bond donors (Lipinski definition) is 1. The summed E-state index contributed by atoms with van der Waals surface area (Å²) in [4.78, 5) is 18.0. The van der Waals surface area contributed by atoms with Crippen LogP contribution < -0.4 is 4.74 Å². The number of hydrogen-bond acceptors (Lipinski definition) is 5. The van der Waals surface area contributed by atoms with Gasteiger partial charge in [0.15, 0.2) is 6.39 Å². The van der Waals surface area contributed by atoms with E-state index in [0.29, 0.717) is 37.4 Å². The monoisotopic (exact) mass is 334 g/mol. The van der Waals surface area contributed by atoms with E-state index in [-0.39, 0.29) is 17.5 Å². The van der Waals surface area contributed by atoms with Crippen molar-refractivity contribution >= 4 is 5.91 Å². The molecule has 1 saturated heterocycles. The van der Waals surface area contributed by atoms with Gasteiger partial charge in [-0.2, -0.15) is 0 Å². The maximum absolute atomic E-state index is 13.0. The molecule has 1 aliphatic heterocycles. The Bertz CT molecular complexity index is 701. The predicted octanol–water partition coefficient (Wildman–Crippen LogP) is 2.17. The molecule has 1 aliphatic rings. The van der Waals surface area contributed by atoms with E-state index in [9.17, 15) is 14.3 Å². The van der Waals surface area contributed by atoms with Crippen molar-refractivity contribution in [3.8, 4) is 5.75 Å². The lowest BCUT2D eigenvalue weighted by molar-refractivity contribution is 0.0349. The summed E-state index contributed by atoms with van der Waals surface area (Å²) >= 11 is 0. The highest BCUT2D eigenvalue weighted by molar-refractivity contribution is 5.92. The average Bonchev–Trinajstić information content (AvgIpc) is 2.92. The van der Waals surface area contributed by atoms with E-state index in [1.165, 1.54) is 30.7 Å². The number of aryl methyl sites for hydroxylation is 1. The second kappa shape index (κ2) is 7.00. The third-order valence-electron chi connectivity index (χ3n) is 4.14. The van der Waals surface area contributed by atoms with Crippen molar-refractivity contribution in [2.75, 3.05) is 13.1 Å². The maximum Gasteiger partial charge on any atom is 0.291 e. The van der Waals surface area contributed by atoms with Crippen LogP contribution in [0.5, 0.6) is 5.75 Å². The fourth-order valence-corrected chi connectivity index (χ4v) is 2.74. The van der Waals surface area contributed by atoms with Gasteiger partial charge in [-0.05, 0) is 37.6 Å². The Hall–Kier alpha value is -2.41. The van der Waals surface area contributed by atoms with Crippen molar-refractivity contribution in [3.63, 3.8) is 0 Å². The van der Waals surface area contributed by atoms with Crippen molar-refractivity contribution in [1.82, 2.24) is 9.88 Å². The van der Waals surface area contributed by atoms with Crippen LogP contribution in [0.3, 0.4) is 0 Å². The SMILES string of the molecule is Cc1ncoc1C(=O)N1CC[C@H](Oc2ccc(F)cc2)[C@@H](O)CC1. The van der Waals surface area contributed by atoms with Crippen LogP contribution in [-0.4, -0.2) is 46.2 Å². The van der Waals surface area contributed by atoms with Crippen LogP contribution in [0.2, 0.25) is 0 Å². The van der Waals surface area contributed by atoms with Crippen LogP contribution in [0.15, 0.2) is 35.1 Å². The molecule has 0 saturated carbocycles. The minimum absolute atomic E-state index is 0.224. The quantitative estimate of drug-likeness (QED) is 0.931. The molecule has 7 heteroatoms. The number of halogens is 1. The number of rotatable bonds is 3. The summed E-state index contributed by atoms with van der Waals surface area (Å²) in [7, 11) is 0. The van der Waals surface area contributed by atoms with Crippen LogP contribution in [0, 0.1) is 12.7 Å². The number of aliphatic hydroxyl groups is 1. The van der Waals surface area contributed by atoms with Gasteiger partial charge in [-0.25, -0.2) is 9.37 Å². The summed E-state index contributed by atoms with van der Waals surface area (Å²) < 4.78 is 23.9. The van der Waals surface area contributed by atoms with Crippen LogP contribution in [-0.2, 0) is 0 Å². The highest BCUT2D eigenvalue weighted by Gasteiger charge is 2.30. The van der Waals surface area contributed by atoms with E-state index < -0.39 is 12.2 Å². The lowest BCUT2D eigenvalue weighted by atomic mass is 10.1. The first kappa shape index (κ1) is 16.4. The number of ether oxygens (including phenoxy) is 1. The van der Waals surface area contributed by atoms with E-state index >= 15 is 0 Å². The number of carbonyl (C=O) groups excluding carboxylic acids is 1. The molecule has 0 bridgehead atoms. The van der Waals surface area contributed by atoms with Crippen molar-refractivity contribution in [2.45, 2.75) is 32.0 Å². The fourth-order valence-electron chi connectivity index (χ4n) is 2.74. The molecule has 24 heavy (non-hydrogen) atoms. The Morgan fingerprint density at radius 2 is 2.04 bits per heavy atom. The molecule has 1 aromatic carbocycles. The van der Waals surface area contributed by atoms with E-state index in [0.717, 1.165) is 0 Å². The lowest BCUT2D eigenvalue weighted by Crippen LogP contribution is -2.32. The Balaban J connectivity index is 1.65. The summed E-state index contributed by atoms with van der Waals surface area (Å²) in [6, 6.07) is 5.66. The number of carbonyl (C=O) groups is 1. The van der Waals surface area contributed by atoms with E-state index in [1.54, 1.807) is 11.8 Å². The summed E-state index contributed by atoms with van der Waals surface area (Å²) in [5.74, 6) is 0.135. The zero-order chi connectivity index (χ0) is 17.1. The van der Waals surface area contributed by atoms with Crippen LogP contribution in [0.1, 0.15) is 29.1 Å². The maximum atomic E-state index is 13.0. The first-order valence-corrected chi connectivity index (χ1v) is 7.84. The standard InChI is InChI=1S/C17H19FN2O4/c1-11-16(23-10-19-11)17(22)20-8-6-14(21)15(7-9-20)24-13-4-2-12(18)3-5-13/h2-5,10,14-15,21H,6-9H2,1H3/t14-,15-/m0/s1. The number of likely N-dealkylation sites (tertiary alicyclic amines) is 1. The number of benzene rings is 1. The second-order valence-electron chi connectivity index (χ2n) is 5.81. The number of oxazole rings is 1. The highest BCUT2D eigenvalue weighted by Crippen LogP contribution is 2.21. The molecule has 2 aromatic rings. The first-order valence-electron chi connectivity index (χ1n) is 7.84.